The standard InChI is InChI=1S/C23H21NO5S/c1-16-4-14-22(15-5-16)30(26,27)29-24-20-10-6-18(7-11-20)23(17(2)25)19-8-12-21(28-3)13-9-19/h4-15H,1-3H3. The molecule has 0 aromatic heterocycles. The topological polar surface area (TPSA) is 82.0 Å². The fraction of sp³-hybridized carbons (Fsp3) is 0.130. The number of rotatable bonds is 6. The number of Topliss-reactive ketones (excluding diaryl/α,β-unsaturated/α-hetero) is 1. The maximum Gasteiger partial charge on any atom is 0.358 e. The molecule has 0 spiro atoms. The Balaban J connectivity index is 1.82. The summed E-state index contributed by atoms with van der Waals surface area (Å²) < 4.78 is 34.4. The second kappa shape index (κ2) is 8.92. The zero-order valence-corrected chi connectivity index (χ0v) is 17.6. The van der Waals surface area contributed by atoms with Gasteiger partial charge in [-0.1, -0.05) is 47.1 Å². The van der Waals surface area contributed by atoms with Gasteiger partial charge < -0.3 is 4.74 Å². The van der Waals surface area contributed by atoms with E-state index in [0.717, 1.165) is 11.1 Å². The van der Waals surface area contributed by atoms with Crippen molar-refractivity contribution in [2.45, 2.75) is 18.7 Å². The van der Waals surface area contributed by atoms with Gasteiger partial charge in [0.25, 0.3) is 0 Å². The molecule has 0 aliphatic heterocycles. The molecule has 0 saturated heterocycles. The Kier molecular flexibility index (Phi) is 6.32. The van der Waals surface area contributed by atoms with Gasteiger partial charge in [-0.25, -0.2) is 0 Å². The summed E-state index contributed by atoms with van der Waals surface area (Å²) in [5, 5.41) is 3.72. The Morgan fingerprint density at radius 2 is 1.50 bits per heavy atom. The van der Waals surface area contributed by atoms with Crippen LogP contribution >= 0.6 is 0 Å². The third-order valence-electron chi connectivity index (χ3n) is 4.44. The number of carbonyl (C=O) groups excluding carboxylic acids is 1. The van der Waals surface area contributed by atoms with E-state index in [1.54, 1.807) is 55.7 Å². The Labute approximate surface area is 176 Å². The van der Waals surface area contributed by atoms with Gasteiger partial charge in [-0.2, -0.15) is 8.42 Å². The molecule has 0 unspecified atom stereocenters. The SMILES string of the molecule is COc1ccc(C(C(C)=O)=C2C=CC(=NOS(=O)(=O)c3ccc(C)cc3)C=C2)cc1. The van der Waals surface area contributed by atoms with Crippen LogP contribution in [0.5, 0.6) is 5.75 Å². The quantitative estimate of drug-likeness (QED) is 0.513. The van der Waals surface area contributed by atoms with Crippen LogP contribution in [0, 0.1) is 6.92 Å². The maximum absolute atomic E-state index is 12.2. The van der Waals surface area contributed by atoms with Crippen LogP contribution in [0.3, 0.4) is 0 Å². The van der Waals surface area contributed by atoms with Crippen LogP contribution in [0.2, 0.25) is 0 Å². The first-order chi connectivity index (χ1) is 14.3. The molecule has 30 heavy (non-hydrogen) atoms. The average Bonchev–Trinajstić information content (AvgIpc) is 2.74. The first kappa shape index (κ1) is 21.3. The van der Waals surface area contributed by atoms with Crippen molar-refractivity contribution in [1.82, 2.24) is 0 Å². The molecule has 0 bridgehead atoms. The van der Waals surface area contributed by atoms with Crippen LogP contribution < -0.4 is 4.74 Å². The first-order valence-electron chi connectivity index (χ1n) is 9.14. The van der Waals surface area contributed by atoms with Crippen LogP contribution in [0.25, 0.3) is 5.57 Å². The average molecular weight is 423 g/mol. The second-order valence-corrected chi connectivity index (χ2v) is 8.17. The Bertz CT molecular complexity index is 1150. The lowest BCUT2D eigenvalue weighted by atomic mass is 9.94. The minimum absolute atomic E-state index is 0.0279. The van der Waals surface area contributed by atoms with Gasteiger partial charge in [-0.3, -0.25) is 9.08 Å². The van der Waals surface area contributed by atoms with Gasteiger partial charge in [0, 0.05) is 5.57 Å². The lowest BCUT2D eigenvalue weighted by Crippen LogP contribution is -2.06. The van der Waals surface area contributed by atoms with Crippen LogP contribution in [0.4, 0.5) is 0 Å². The normalized spacial score (nSPS) is 13.2. The van der Waals surface area contributed by atoms with Crippen molar-refractivity contribution in [1.29, 1.82) is 0 Å². The van der Waals surface area contributed by atoms with Crippen LogP contribution in [0.15, 0.2) is 88.5 Å². The molecule has 0 fully saturated rings. The molecule has 154 valence electrons. The fourth-order valence-electron chi connectivity index (χ4n) is 2.86. The molecule has 0 atom stereocenters. The highest BCUT2D eigenvalue weighted by Gasteiger charge is 2.16. The van der Waals surface area contributed by atoms with E-state index in [1.807, 2.05) is 19.1 Å². The number of carbonyl (C=O) groups is 1. The van der Waals surface area contributed by atoms with Crippen molar-refractivity contribution in [3.63, 3.8) is 0 Å². The molecule has 7 heteroatoms. The summed E-state index contributed by atoms with van der Waals surface area (Å²) in [5.41, 5.74) is 3.24. The van der Waals surface area contributed by atoms with Crippen molar-refractivity contribution in [2.24, 2.45) is 5.16 Å². The third-order valence-corrected chi connectivity index (χ3v) is 5.56. The van der Waals surface area contributed by atoms with Crippen LogP contribution in [0.1, 0.15) is 18.1 Å². The van der Waals surface area contributed by atoms with Crippen molar-refractivity contribution < 1.29 is 22.2 Å². The molecule has 6 nitrogen and oxygen atoms in total. The highest BCUT2D eigenvalue weighted by Crippen LogP contribution is 2.25. The molecular formula is C23H21NO5S. The van der Waals surface area contributed by atoms with E-state index < -0.39 is 10.1 Å². The van der Waals surface area contributed by atoms with Crippen molar-refractivity contribution in [3.8, 4) is 5.75 Å². The molecular weight excluding hydrogens is 402 g/mol. The van der Waals surface area contributed by atoms with Crippen LogP contribution in [-0.4, -0.2) is 27.0 Å². The predicted octanol–water partition coefficient (Wildman–Crippen LogP) is 4.23. The summed E-state index contributed by atoms with van der Waals surface area (Å²) in [5.74, 6) is 0.603. The number of hydrogen-bond acceptors (Lipinski definition) is 6. The van der Waals surface area contributed by atoms with E-state index in [-0.39, 0.29) is 10.7 Å². The molecule has 1 aliphatic carbocycles. The number of ketones is 1. The van der Waals surface area contributed by atoms with Gasteiger partial charge >= 0.3 is 10.1 Å². The molecule has 0 radical (unpaired) electrons. The van der Waals surface area contributed by atoms with E-state index in [2.05, 4.69) is 5.16 Å². The van der Waals surface area contributed by atoms with Gasteiger partial charge in [0.15, 0.2) is 5.78 Å². The van der Waals surface area contributed by atoms with Gasteiger partial charge in [0.05, 0.1) is 7.11 Å². The van der Waals surface area contributed by atoms with Crippen molar-refractivity contribution >= 4 is 27.2 Å². The molecule has 0 heterocycles. The van der Waals surface area contributed by atoms with Gasteiger partial charge in [0.1, 0.15) is 16.4 Å². The van der Waals surface area contributed by atoms with E-state index >= 15 is 0 Å². The highest BCUT2D eigenvalue weighted by atomic mass is 32.2. The smallest absolute Gasteiger partial charge is 0.358 e. The Morgan fingerprint density at radius 3 is 2.03 bits per heavy atom. The third kappa shape index (κ3) is 4.93. The summed E-state index contributed by atoms with van der Waals surface area (Å²) >= 11 is 0. The molecule has 3 rings (SSSR count). The molecule has 2 aromatic carbocycles. The lowest BCUT2D eigenvalue weighted by molar-refractivity contribution is -0.111. The Morgan fingerprint density at radius 1 is 0.900 bits per heavy atom. The second-order valence-electron chi connectivity index (χ2n) is 6.64. The van der Waals surface area contributed by atoms with Gasteiger partial charge in [-0.05, 0) is 61.4 Å². The monoisotopic (exact) mass is 423 g/mol. The minimum atomic E-state index is -4.00. The molecule has 1 aliphatic rings. The van der Waals surface area contributed by atoms with Crippen molar-refractivity contribution in [2.75, 3.05) is 7.11 Å². The number of aryl methyl sites for hydroxylation is 1. The number of hydrogen-bond donors (Lipinski definition) is 0. The van der Waals surface area contributed by atoms with E-state index in [4.69, 9.17) is 9.02 Å². The zero-order chi connectivity index (χ0) is 21.7. The van der Waals surface area contributed by atoms with E-state index in [9.17, 15) is 13.2 Å². The fourth-order valence-corrected chi connectivity index (χ4v) is 3.60. The molecule has 0 saturated carbocycles. The number of oxime groups is 1. The summed E-state index contributed by atoms with van der Waals surface area (Å²) in [6, 6.07) is 13.5. The predicted molar refractivity (Wildman–Crippen MR) is 116 cm³/mol. The minimum Gasteiger partial charge on any atom is -0.497 e. The number of nitrogens with zero attached hydrogens (tertiary/aromatic N) is 1. The summed E-state index contributed by atoms with van der Waals surface area (Å²) in [6.07, 6.45) is 6.57. The van der Waals surface area contributed by atoms with Crippen LogP contribution in [-0.2, 0) is 19.2 Å². The molecule has 2 aromatic rings. The lowest BCUT2D eigenvalue weighted by Gasteiger charge is -2.11. The largest absolute Gasteiger partial charge is 0.497 e. The highest BCUT2D eigenvalue weighted by molar-refractivity contribution is 7.86. The molecule has 0 N–H and O–H groups in total. The number of allylic oxidation sites excluding steroid dienone is 6. The summed E-state index contributed by atoms with van der Waals surface area (Å²) in [7, 11) is -2.43. The van der Waals surface area contributed by atoms with Gasteiger partial charge in [0.2, 0.25) is 0 Å². The maximum atomic E-state index is 12.2. The summed E-state index contributed by atoms with van der Waals surface area (Å²) in [6.45, 7) is 3.36. The number of methoxy groups -OCH3 is 1. The number of ether oxygens (including phenoxy) is 1. The van der Waals surface area contributed by atoms with E-state index in [1.165, 1.54) is 19.1 Å². The zero-order valence-electron chi connectivity index (χ0n) is 16.8. The molecule has 0 amide bonds. The first-order valence-corrected chi connectivity index (χ1v) is 10.5. The van der Waals surface area contributed by atoms with E-state index in [0.29, 0.717) is 22.6 Å². The Hall–Kier alpha value is -3.45. The summed E-state index contributed by atoms with van der Waals surface area (Å²) in [4.78, 5) is 12.3. The van der Waals surface area contributed by atoms with Gasteiger partial charge in [-0.15, -0.1) is 0 Å². The number of benzene rings is 2. The van der Waals surface area contributed by atoms with Crippen molar-refractivity contribution in [3.05, 3.63) is 89.5 Å².